The van der Waals surface area contributed by atoms with Crippen LogP contribution in [0.3, 0.4) is 0 Å². The Morgan fingerprint density at radius 2 is 1.96 bits per heavy atom. The first-order valence-electron chi connectivity index (χ1n) is 9.71. The molecule has 0 saturated heterocycles. The predicted molar refractivity (Wildman–Crippen MR) is 110 cm³/mol. The molecule has 1 N–H and O–H groups in total. The second-order valence-corrected chi connectivity index (χ2v) is 7.04. The first kappa shape index (κ1) is 19.0. The maximum atomic E-state index is 12.8. The van der Waals surface area contributed by atoms with Crippen LogP contribution in [-0.4, -0.2) is 21.9 Å². The SMILES string of the molecule is CCC[C@@H](CC)NC(=O)c1cc(Cc2ccc(C)nc2)c2ccccc2n1. The highest BCUT2D eigenvalue weighted by molar-refractivity contribution is 5.96. The van der Waals surface area contributed by atoms with Crippen LogP contribution >= 0.6 is 0 Å². The molecule has 4 heteroatoms. The van der Waals surface area contributed by atoms with Gasteiger partial charge in [-0.15, -0.1) is 0 Å². The molecule has 1 amide bonds. The summed E-state index contributed by atoms with van der Waals surface area (Å²) in [6, 6.07) is 14.2. The summed E-state index contributed by atoms with van der Waals surface area (Å²) in [5.41, 5.74) is 4.56. The molecule has 0 saturated carbocycles. The number of carbonyl (C=O) groups excluding carboxylic acids is 1. The fourth-order valence-corrected chi connectivity index (χ4v) is 3.32. The average Bonchev–Trinajstić information content (AvgIpc) is 2.69. The number of hydrogen-bond donors (Lipinski definition) is 1. The van der Waals surface area contributed by atoms with Crippen molar-refractivity contribution in [1.82, 2.24) is 15.3 Å². The van der Waals surface area contributed by atoms with Gasteiger partial charge >= 0.3 is 0 Å². The standard InChI is InChI=1S/C23H27N3O/c1-4-8-19(5-2)25-23(27)22-14-18(13-17-12-11-16(3)24-15-17)20-9-6-7-10-21(20)26-22/h6-7,9-12,14-15,19H,4-5,8,13H2,1-3H3,(H,25,27)/t19-/m1/s1. The van der Waals surface area contributed by atoms with Crippen LogP contribution in [0.1, 0.15) is 60.4 Å². The molecular formula is C23H27N3O. The molecule has 0 bridgehead atoms. The van der Waals surface area contributed by atoms with Crippen molar-refractivity contribution in [2.45, 2.75) is 52.5 Å². The van der Waals surface area contributed by atoms with Crippen molar-refractivity contribution in [2.75, 3.05) is 0 Å². The van der Waals surface area contributed by atoms with Crippen LogP contribution in [0.5, 0.6) is 0 Å². The van der Waals surface area contributed by atoms with E-state index in [4.69, 9.17) is 0 Å². The van der Waals surface area contributed by atoms with E-state index in [1.807, 2.05) is 43.5 Å². The number of aryl methyl sites for hydroxylation is 1. The Bertz CT molecular complexity index is 919. The highest BCUT2D eigenvalue weighted by Gasteiger charge is 2.15. The number of fused-ring (bicyclic) bond motifs is 1. The Labute approximate surface area is 161 Å². The van der Waals surface area contributed by atoms with Crippen LogP contribution in [-0.2, 0) is 6.42 Å². The van der Waals surface area contributed by atoms with Crippen molar-refractivity contribution in [3.63, 3.8) is 0 Å². The summed E-state index contributed by atoms with van der Waals surface area (Å²) >= 11 is 0. The quantitative estimate of drug-likeness (QED) is 0.655. The molecule has 3 aromatic rings. The van der Waals surface area contributed by atoms with Gasteiger partial charge in [-0.2, -0.15) is 0 Å². The summed E-state index contributed by atoms with van der Waals surface area (Å²) < 4.78 is 0. The molecule has 1 aromatic carbocycles. The van der Waals surface area contributed by atoms with E-state index in [0.717, 1.165) is 53.4 Å². The van der Waals surface area contributed by atoms with E-state index in [1.165, 1.54) is 0 Å². The van der Waals surface area contributed by atoms with Gasteiger partial charge in [-0.3, -0.25) is 9.78 Å². The van der Waals surface area contributed by atoms with E-state index in [2.05, 4.69) is 41.3 Å². The zero-order valence-electron chi connectivity index (χ0n) is 16.3. The lowest BCUT2D eigenvalue weighted by Gasteiger charge is -2.16. The van der Waals surface area contributed by atoms with Gasteiger partial charge in [0, 0.05) is 23.3 Å². The van der Waals surface area contributed by atoms with E-state index < -0.39 is 0 Å². The summed E-state index contributed by atoms with van der Waals surface area (Å²) in [6.07, 6.45) is 5.59. The molecule has 1 atom stereocenters. The van der Waals surface area contributed by atoms with Crippen LogP contribution in [0, 0.1) is 6.92 Å². The Kier molecular flexibility index (Phi) is 6.17. The fraction of sp³-hybridized carbons (Fsp3) is 0.348. The summed E-state index contributed by atoms with van der Waals surface area (Å²) in [5, 5.41) is 4.21. The number of para-hydroxylation sites is 1. The van der Waals surface area contributed by atoms with E-state index >= 15 is 0 Å². The summed E-state index contributed by atoms with van der Waals surface area (Å²) in [5.74, 6) is -0.0932. The first-order chi connectivity index (χ1) is 13.1. The zero-order chi connectivity index (χ0) is 19.2. The molecule has 0 unspecified atom stereocenters. The lowest BCUT2D eigenvalue weighted by atomic mass is 10.0. The van der Waals surface area contributed by atoms with Gasteiger partial charge < -0.3 is 5.32 Å². The Morgan fingerprint density at radius 1 is 1.15 bits per heavy atom. The molecule has 140 valence electrons. The largest absolute Gasteiger partial charge is 0.348 e. The number of aromatic nitrogens is 2. The number of nitrogens with zero attached hydrogens (tertiary/aromatic N) is 2. The number of nitrogens with one attached hydrogen (secondary N) is 1. The first-order valence-corrected chi connectivity index (χ1v) is 9.71. The van der Waals surface area contributed by atoms with Crippen molar-refractivity contribution in [3.05, 3.63) is 71.2 Å². The van der Waals surface area contributed by atoms with Gasteiger partial charge in [-0.1, -0.05) is 44.5 Å². The monoisotopic (exact) mass is 361 g/mol. The van der Waals surface area contributed by atoms with Crippen molar-refractivity contribution in [2.24, 2.45) is 0 Å². The minimum Gasteiger partial charge on any atom is -0.348 e. The number of benzene rings is 1. The molecule has 4 nitrogen and oxygen atoms in total. The molecule has 0 aliphatic heterocycles. The molecule has 0 aliphatic rings. The molecule has 0 aliphatic carbocycles. The molecule has 27 heavy (non-hydrogen) atoms. The number of carbonyl (C=O) groups is 1. The molecule has 0 spiro atoms. The summed E-state index contributed by atoms with van der Waals surface area (Å²) in [4.78, 5) is 21.8. The third kappa shape index (κ3) is 4.70. The topological polar surface area (TPSA) is 54.9 Å². The van der Waals surface area contributed by atoms with Crippen LogP contribution < -0.4 is 5.32 Å². The summed E-state index contributed by atoms with van der Waals surface area (Å²) in [7, 11) is 0. The van der Waals surface area contributed by atoms with Gasteiger partial charge in [0.1, 0.15) is 5.69 Å². The van der Waals surface area contributed by atoms with Gasteiger partial charge in [0.15, 0.2) is 0 Å². The number of rotatable bonds is 7. The molecule has 2 aromatic heterocycles. The lowest BCUT2D eigenvalue weighted by Crippen LogP contribution is -2.34. The maximum absolute atomic E-state index is 12.8. The third-order valence-electron chi connectivity index (χ3n) is 4.87. The van der Waals surface area contributed by atoms with Gasteiger partial charge in [0.2, 0.25) is 0 Å². The van der Waals surface area contributed by atoms with Crippen LogP contribution in [0.4, 0.5) is 0 Å². The number of amides is 1. The molecule has 2 heterocycles. The lowest BCUT2D eigenvalue weighted by molar-refractivity contribution is 0.0929. The van der Waals surface area contributed by atoms with Gasteiger partial charge in [-0.05, 0) is 55.5 Å². The second kappa shape index (κ2) is 8.76. The highest BCUT2D eigenvalue weighted by Crippen LogP contribution is 2.21. The van der Waals surface area contributed by atoms with Crippen molar-refractivity contribution < 1.29 is 4.79 Å². The van der Waals surface area contributed by atoms with E-state index in [0.29, 0.717) is 5.69 Å². The summed E-state index contributed by atoms with van der Waals surface area (Å²) in [6.45, 7) is 6.22. The maximum Gasteiger partial charge on any atom is 0.270 e. The fourth-order valence-electron chi connectivity index (χ4n) is 3.32. The van der Waals surface area contributed by atoms with Crippen LogP contribution in [0.25, 0.3) is 10.9 Å². The predicted octanol–water partition coefficient (Wildman–Crippen LogP) is 4.84. The van der Waals surface area contributed by atoms with Crippen LogP contribution in [0.15, 0.2) is 48.7 Å². The second-order valence-electron chi connectivity index (χ2n) is 7.04. The van der Waals surface area contributed by atoms with Gasteiger partial charge in [-0.25, -0.2) is 4.98 Å². The number of hydrogen-bond acceptors (Lipinski definition) is 3. The molecule has 0 fully saturated rings. The van der Waals surface area contributed by atoms with Crippen molar-refractivity contribution in [3.8, 4) is 0 Å². The Balaban J connectivity index is 1.95. The number of pyridine rings is 2. The van der Waals surface area contributed by atoms with Crippen LogP contribution in [0.2, 0.25) is 0 Å². The zero-order valence-corrected chi connectivity index (χ0v) is 16.3. The van der Waals surface area contributed by atoms with E-state index in [1.54, 1.807) is 0 Å². The Hall–Kier alpha value is -2.75. The third-order valence-corrected chi connectivity index (χ3v) is 4.87. The molecule has 0 radical (unpaired) electrons. The Morgan fingerprint density at radius 3 is 2.67 bits per heavy atom. The van der Waals surface area contributed by atoms with E-state index in [-0.39, 0.29) is 11.9 Å². The van der Waals surface area contributed by atoms with E-state index in [9.17, 15) is 4.79 Å². The van der Waals surface area contributed by atoms with Gasteiger partial charge in [0.25, 0.3) is 5.91 Å². The molecular weight excluding hydrogens is 334 g/mol. The smallest absolute Gasteiger partial charge is 0.270 e. The average molecular weight is 361 g/mol. The minimum atomic E-state index is -0.0932. The van der Waals surface area contributed by atoms with Crippen molar-refractivity contribution >= 4 is 16.8 Å². The van der Waals surface area contributed by atoms with Gasteiger partial charge in [0.05, 0.1) is 5.52 Å². The normalized spacial score (nSPS) is 12.1. The van der Waals surface area contributed by atoms with Crippen molar-refractivity contribution in [1.29, 1.82) is 0 Å². The molecule has 3 rings (SSSR count). The highest BCUT2D eigenvalue weighted by atomic mass is 16.1. The minimum absolute atomic E-state index is 0.0932.